The standard InChI is InChI=1S/C11H18ClN5O2/c1-2-3-13-10-14-9(12)15-11(16-10)17-4-5-19-8(6-17)7-18/h8,18H,2-7H2,1H3,(H,13,14,15,16). The highest BCUT2D eigenvalue weighted by Crippen LogP contribution is 2.16. The van der Waals surface area contributed by atoms with Gasteiger partial charge in [-0.1, -0.05) is 6.92 Å². The van der Waals surface area contributed by atoms with Crippen LogP contribution in [0.25, 0.3) is 0 Å². The van der Waals surface area contributed by atoms with Gasteiger partial charge in [-0.15, -0.1) is 0 Å². The molecule has 106 valence electrons. The second kappa shape index (κ2) is 6.83. The average molecular weight is 288 g/mol. The van der Waals surface area contributed by atoms with Crippen molar-refractivity contribution in [3.63, 3.8) is 0 Å². The van der Waals surface area contributed by atoms with Gasteiger partial charge < -0.3 is 20.1 Å². The summed E-state index contributed by atoms with van der Waals surface area (Å²) >= 11 is 5.91. The van der Waals surface area contributed by atoms with Gasteiger partial charge in [-0.25, -0.2) is 0 Å². The molecule has 0 spiro atoms. The molecule has 1 atom stereocenters. The molecule has 8 heteroatoms. The van der Waals surface area contributed by atoms with Gasteiger partial charge in [0, 0.05) is 19.6 Å². The molecule has 1 aromatic heterocycles. The van der Waals surface area contributed by atoms with Crippen LogP contribution in [-0.4, -0.2) is 59.0 Å². The van der Waals surface area contributed by atoms with Crippen LogP contribution >= 0.6 is 11.6 Å². The smallest absolute Gasteiger partial charge is 0.231 e. The first kappa shape index (κ1) is 14.2. The molecular weight excluding hydrogens is 270 g/mol. The lowest BCUT2D eigenvalue weighted by molar-refractivity contribution is 0.00314. The van der Waals surface area contributed by atoms with E-state index in [1.54, 1.807) is 0 Å². The van der Waals surface area contributed by atoms with E-state index in [1.165, 1.54) is 0 Å². The molecule has 0 aliphatic carbocycles. The van der Waals surface area contributed by atoms with Crippen molar-refractivity contribution in [2.45, 2.75) is 19.4 Å². The lowest BCUT2D eigenvalue weighted by Gasteiger charge is -2.32. The number of hydrogen-bond acceptors (Lipinski definition) is 7. The normalized spacial score (nSPS) is 19.5. The van der Waals surface area contributed by atoms with Crippen molar-refractivity contribution in [1.82, 2.24) is 15.0 Å². The molecule has 2 N–H and O–H groups in total. The number of hydrogen-bond donors (Lipinski definition) is 2. The molecule has 1 aliphatic heterocycles. The van der Waals surface area contributed by atoms with Crippen molar-refractivity contribution in [3.8, 4) is 0 Å². The number of aliphatic hydroxyl groups is 1. The van der Waals surface area contributed by atoms with Crippen molar-refractivity contribution in [2.75, 3.05) is 43.1 Å². The van der Waals surface area contributed by atoms with Gasteiger partial charge >= 0.3 is 0 Å². The van der Waals surface area contributed by atoms with Crippen LogP contribution in [0.15, 0.2) is 0 Å². The van der Waals surface area contributed by atoms with Crippen LogP contribution in [0.5, 0.6) is 0 Å². The summed E-state index contributed by atoms with van der Waals surface area (Å²) in [5.41, 5.74) is 0. The number of rotatable bonds is 5. The fourth-order valence-electron chi connectivity index (χ4n) is 1.81. The second-order valence-electron chi connectivity index (χ2n) is 4.28. The maximum Gasteiger partial charge on any atom is 0.231 e. The summed E-state index contributed by atoms with van der Waals surface area (Å²) in [6.45, 7) is 4.57. The molecule has 1 aromatic rings. The predicted octanol–water partition coefficient (Wildman–Crippen LogP) is 0.544. The molecule has 1 unspecified atom stereocenters. The summed E-state index contributed by atoms with van der Waals surface area (Å²) in [5, 5.41) is 12.4. The van der Waals surface area contributed by atoms with Gasteiger partial charge in [0.1, 0.15) is 0 Å². The van der Waals surface area contributed by atoms with Crippen LogP contribution in [0.1, 0.15) is 13.3 Å². The molecule has 7 nitrogen and oxygen atoms in total. The molecule has 1 saturated heterocycles. The number of nitrogens with zero attached hydrogens (tertiary/aromatic N) is 4. The van der Waals surface area contributed by atoms with Gasteiger partial charge in [0.2, 0.25) is 17.2 Å². The Morgan fingerprint density at radius 2 is 2.32 bits per heavy atom. The summed E-state index contributed by atoms with van der Waals surface area (Å²) in [5.74, 6) is 0.990. The van der Waals surface area contributed by atoms with Crippen LogP contribution in [0, 0.1) is 0 Å². The van der Waals surface area contributed by atoms with Gasteiger partial charge in [0.15, 0.2) is 0 Å². The maximum absolute atomic E-state index is 9.14. The minimum Gasteiger partial charge on any atom is -0.394 e. The fourth-order valence-corrected chi connectivity index (χ4v) is 1.96. The molecule has 1 aliphatic rings. The van der Waals surface area contributed by atoms with E-state index in [1.807, 2.05) is 4.90 Å². The predicted molar refractivity (Wildman–Crippen MR) is 72.7 cm³/mol. The third-order valence-electron chi connectivity index (χ3n) is 2.75. The zero-order chi connectivity index (χ0) is 13.7. The van der Waals surface area contributed by atoms with E-state index in [0.717, 1.165) is 13.0 Å². The summed E-state index contributed by atoms with van der Waals surface area (Å²) < 4.78 is 5.39. The minimum atomic E-state index is -0.212. The lowest BCUT2D eigenvalue weighted by Crippen LogP contribution is -2.45. The first-order chi connectivity index (χ1) is 9.22. The number of aliphatic hydroxyl groups excluding tert-OH is 1. The zero-order valence-corrected chi connectivity index (χ0v) is 11.6. The first-order valence-electron chi connectivity index (χ1n) is 6.35. The Labute approximate surface area is 117 Å². The van der Waals surface area contributed by atoms with Crippen LogP contribution in [-0.2, 0) is 4.74 Å². The number of halogens is 1. The van der Waals surface area contributed by atoms with Gasteiger partial charge in [0.05, 0.1) is 19.3 Å². The van der Waals surface area contributed by atoms with Crippen molar-refractivity contribution < 1.29 is 9.84 Å². The Hall–Kier alpha value is -1.18. The largest absolute Gasteiger partial charge is 0.394 e. The minimum absolute atomic E-state index is 0.0176. The molecule has 0 aromatic carbocycles. The third-order valence-corrected chi connectivity index (χ3v) is 2.92. The Morgan fingerprint density at radius 1 is 1.47 bits per heavy atom. The van der Waals surface area contributed by atoms with E-state index in [-0.39, 0.29) is 18.0 Å². The van der Waals surface area contributed by atoms with Crippen LogP contribution in [0.3, 0.4) is 0 Å². The molecule has 2 rings (SSSR count). The number of anilines is 2. The number of morpholine rings is 1. The number of aromatic nitrogens is 3. The summed E-state index contributed by atoms with van der Waals surface area (Å²) in [6.07, 6.45) is 0.763. The third kappa shape index (κ3) is 3.89. The SMILES string of the molecule is CCCNc1nc(Cl)nc(N2CCOC(CO)C2)n1. The van der Waals surface area contributed by atoms with E-state index in [2.05, 4.69) is 27.2 Å². The van der Waals surface area contributed by atoms with Crippen molar-refractivity contribution >= 4 is 23.5 Å². The van der Waals surface area contributed by atoms with Crippen LogP contribution in [0.4, 0.5) is 11.9 Å². The molecular formula is C11H18ClN5O2. The van der Waals surface area contributed by atoms with E-state index in [0.29, 0.717) is 31.6 Å². The molecule has 0 saturated carbocycles. The quantitative estimate of drug-likeness (QED) is 0.818. The van der Waals surface area contributed by atoms with E-state index >= 15 is 0 Å². The van der Waals surface area contributed by atoms with Gasteiger partial charge in [-0.3, -0.25) is 0 Å². The maximum atomic E-state index is 9.14. The van der Waals surface area contributed by atoms with E-state index in [9.17, 15) is 0 Å². The van der Waals surface area contributed by atoms with Crippen molar-refractivity contribution in [3.05, 3.63) is 5.28 Å². The molecule has 0 amide bonds. The molecule has 19 heavy (non-hydrogen) atoms. The summed E-state index contributed by atoms with van der Waals surface area (Å²) in [6, 6.07) is 0. The fraction of sp³-hybridized carbons (Fsp3) is 0.727. The highest BCUT2D eigenvalue weighted by atomic mass is 35.5. The Balaban J connectivity index is 2.11. The lowest BCUT2D eigenvalue weighted by atomic mass is 10.3. The van der Waals surface area contributed by atoms with Gasteiger partial charge in [-0.05, 0) is 18.0 Å². The van der Waals surface area contributed by atoms with Crippen LogP contribution in [0.2, 0.25) is 5.28 Å². The highest BCUT2D eigenvalue weighted by molar-refractivity contribution is 6.28. The summed E-state index contributed by atoms with van der Waals surface area (Å²) in [4.78, 5) is 14.4. The first-order valence-corrected chi connectivity index (χ1v) is 6.73. The number of nitrogens with one attached hydrogen (secondary N) is 1. The monoisotopic (exact) mass is 287 g/mol. The summed E-state index contributed by atoms with van der Waals surface area (Å²) in [7, 11) is 0. The Kier molecular flexibility index (Phi) is 5.12. The Bertz CT molecular complexity index is 420. The topological polar surface area (TPSA) is 83.4 Å². The Morgan fingerprint density at radius 3 is 3.05 bits per heavy atom. The highest BCUT2D eigenvalue weighted by Gasteiger charge is 2.22. The second-order valence-corrected chi connectivity index (χ2v) is 4.61. The molecule has 2 heterocycles. The van der Waals surface area contributed by atoms with Gasteiger partial charge in [-0.2, -0.15) is 15.0 Å². The zero-order valence-electron chi connectivity index (χ0n) is 10.8. The number of ether oxygens (including phenoxy) is 1. The molecule has 1 fully saturated rings. The van der Waals surface area contributed by atoms with Crippen LogP contribution < -0.4 is 10.2 Å². The van der Waals surface area contributed by atoms with Crippen molar-refractivity contribution in [1.29, 1.82) is 0 Å². The molecule has 0 radical (unpaired) electrons. The van der Waals surface area contributed by atoms with E-state index in [4.69, 9.17) is 21.4 Å². The average Bonchev–Trinajstić information content (AvgIpc) is 2.44. The van der Waals surface area contributed by atoms with Gasteiger partial charge in [0.25, 0.3) is 0 Å². The van der Waals surface area contributed by atoms with E-state index < -0.39 is 0 Å². The molecule has 0 bridgehead atoms. The van der Waals surface area contributed by atoms with Crippen molar-refractivity contribution in [2.24, 2.45) is 0 Å².